The first-order valence-electron chi connectivity index (χ1n) is 5.65. The van der Waals surface area contributed by atoms with Gasteiger partial charge in [-0.2, -0.15) is 0 Å². The molecule has 0 aliphatic carbocycles. The van der Waals surface area contributed by atoms with Crippen molar-refractivity contribution in [2.75, 3.05) is 40.4 Å². The summed E-state index contributed by atoms with van der Waals surface area (Å²) in [4.78, 5) is 2.47. The van der Waals surface area contributed by atoms with E-state index in [-0.39, 0.29) is 0 Å². The van der Waals surface area contributed by atoms with Gasteiger partial charge in [0.15, 0.2) is 0 Å². The lowest BCUT2D eigenvalue weighted by Crippen LogP contribution is -2.49. The highest BCUT2D eigenvalue weighted by molar-refractivity contribution is 4.81. The third-order valence-electron chi connectivity index (χ3n) is 3.21. The molecule has 14 heavy (non-hydrogen) atoms. The molecule has 0 amide bonds. The van der Waals surface area contributed by atoms with Crippen LogP contribution < -0.4 is 5.32 Å². The lowest BCUT2D eigenvalue weighted by atomic mass is 9.93. The van der Waals surface area contributed by atoms with E-state index in [9.17, 15) is 0 Å². The van der Waals surface area contributed by atoms with Gasteiger partial charge >= 0.3 is 0 Å². The summed E-state index contributed by atoms with van der Waals surface area (Å²) in [7, 11) is 3.99. The molecule has 0 aromatic heterocycles. The molecule has 1 aliphatic heterocycles. The number of hydrogen-bond donors (Lipinski definition) is 1. The molecule has 0 bridgehead atoms. The van der Waals surface area contributed by atoms with Crippen LogP contribution >= 0.6 is 0 Å². The molecule has 0 aromatic carbocycles. The highest BCUT2D eigenvalue weighted by Gasteiger charge is 2.23. The molecule has 84 valence electrons. The van der Waals surface area contributed by atoms with E-state index in [4.69, 9.17) is 4.74 Å². The normalized spacial score (nSPS) is 28.3. The lowest BCUT2D eigenvalue weighted by molar-refractivity contribution is 0.128. The van der Waals surface area contributed by atoms with Crippen LogP contribution in [0, 0.1) is 5.92 Å². The monoisotopic (exact) mass is 200 g/mol. The Hall–Kier alpha value is -0.120. The zero-order valence-corrected chi connectivity index (χ0v) is 9.75. The van der Waals surface area contributed by atoms with E-state index in [0.717, 1.165) is 32.0 Å². The van der Waals surface area contributed by atoms with E-state index in [1.165, 1.54) is 13.0 Å². The van der Waals surface area contributed by atoms with Gasteiger partial charge in [0, 0.05) is 32.8 Å². The summed E-state index contributed by atoms with van der Waals surface area (Å²) in [5, 5.41) is 3.46. The molecule has 1 heterocycles. The van der Waals surface area contributed by atoms with Gasteiger partial charge in [0.25, 0.3) is 0 Å². The smallest absolute Gasteiger partial charge is 0.0474 e. The van der Waals surface area contributed by atoms with Crippen molar-refractivity contribution in [2.24, 2.45) is 5.92 Å². The molecular weight excluding hydrogens is 176 g/mol. The largest absolute Gasteiger partial charge is 0.385 e. The van der Waals surface area contributed by atoms with Crippen molar-refractivity contribution >= 4 is 0 Å². The van der Waals surface area contributed by atoms with E-state index < -0.39 is 0 Å². The van der Waals surface area contributed by atoms with Gasteiger partial charge in [0.2, 0.25) is 0 Å². The Morgan fingerprint density at radius 3 is 2.93 bits per heavy atom. The van der Waals surface area contributed by atoms with Crippen molar-refractivity contribution in [2.45, 2.75) is 25.8 Å². The third-order valence-corrected chi connectivity index (χ3v) is 3.21. The minimum atomic E-state index is 0.709. The Kier molecular flexibility index (Phi) is 5.45. The van der Waals surface area contributed by atoms with Crippen molar-refractivity contribution in [3.8, 4) is 0 Å². The molecule has 1 fully saturated rings. The predicted molar refractivity (Wildman–Crippen MR) is 59.6 cm³/mol. The van der Waals surface area contributed by atoms with Gasteiger partial charge in [-0.25, -0.2) is 0 Å². The Balaban J connectivity index is 2.23. The first kappa shape index (κ1) is 12.0. The lowest BCUT2D eigenvalue weighted by Gasteiger charge is -2.36. The minimum absolute atomic E-state index is 0.709. The van der Waals surface area contributed by atoms with Gasteiger partial charge in [0.05, 0.1) is 0 Å². The molecule has 2 unspecified atom stereocenters. The van der Waals surface area contributed by atoms with Crippen molar-refractivity contribution in [3.05, 3.63) is 0 Å². The Labute approximate surface area is 87.8 Å². The van der Waals surface area contributed by atoms with Crippen LogP contribution in [-0.4, -0.2) is 51.3 Å². The van der Waals surface area contributed by atoms with E-state index in [1.54, 1.807) is 7.11 Å². The van der Waals surface area contributed by atoms with Crippen molar-refractivity contribution < 1.29 is 4.74 Å². The molecule has 0 spiro atoms. The summed E-state index contributed by atoms with van der Waals surface area (Å²) < 4.78 is 5.06. The number of hydrogen-bond acceptors (Lipinski definition) is 3. The fourth-order valence-electron chi connectivity index (χ4n) is 2.19. The van der Waals surface area contributed by atoms with Crippen LogP contribution in [0.1, 0.15) is 19.8 Å². The van der Waals surface area contributed by atoms with Crippen molar-refractivity contribution in [3.63, 3.8) is 0 Å². The van der Waals surface area contributed by atoms with E-state index in [0.29, 0.717) is 6.04 Å². The number of nitrogens with one attached hydrogen (secondary N) is 1. The molecular formula is C11H24N2O. The number of likely N-dealkylation sites (N-methyl/N-ethyl adjacent to an activating group) is 1. The Morgan fingerprint density at radius 1 is 1.50 bits per heavy atom. The highest BCUT2D eigenvalue weighted by atomic mass is 16.5. The molecule has 0 saturated carbocycles. The minimum Gasteiger partial charge on any atom is -0.385 e. The van der Waals surface area contributed by atoms with Gasteiger partial charge in [0.1, 0.15) is 0 Å². The summed E-state index contributed by atoms with van der Waals surface area (Å²) in [6.07, 6.45) is 2.44. The molecule has 1 rings (SSSR count). The molecule has 0 radical (unpaired) electrons. The molecule has 3 heteroatoms. The molecule has 0 aromatic rings. The van der Waals surface area contributed by atoms with Crippen LogP contribution in [0.3, 0.4) is 0 Å². The first-order chi connectivity index (χ1) is 6.75. The fourth-order valence-corrected chi connectivity index (χ4v) is 2.19. The quantitative estimate of drug-likeness (QED) is 0.669. The SMILES string of the molecule is COCCCN(C)C1CNCCC1C. The molecule has 2 atom stereocenters. The number of piperidine rings is 1. The highest BCUT2D eigenvalue weighted by Crippen LogP contribution is 2.16. The molecule has 3 nitrogen and oxygen atoms in total. The third kappa shape index (κ3) is 3.56. The van der Waals surface area contributed by atoms with Crippen LogP contribution in [-0.2, 0) is 4.74 Å². The Morgan fingerprint density at radius 2 is 2.29 bits per heavy atom. The maximum absolute atomic E-state index is 5.06. The van der Waals surface area contributed by atoms with Crippen LogP contribution in [0.5, 0.6) is 0 Å². The topological polar surface area (TPSA) is 24.5 Å². The maximum Gasteiger partial charge on any atom is 0.0474 e. The number of ether oxygens (including phenoxy) is 1. The maximum atomic E-state index is 5.06. The van der Waals surface area contributed by atoms with Crippen LogP contribution in [0.4, 0.5) is 0 Å². The average Bonchev–Trinajstić information content (AvgIpc) is 2.18. The summed E-state index contributed by atoms with van der Waals surface area (Å²) in [6, 6.07) is 0.709. The second-order valence-electron chi connectivity index (χ2n) is 4.36. The van der Waals surface area contributed by atoms with E-state index >= 15 is 0 Å². The number of rotatable bonds is 5. The van der Waals surface area contributed by atoms with Gasteiger partial charge in [-0.3, -0.25) is 0 Å². The summed E-state index contributed by atoms with van der Waals surface area (Å²) >= 11 is 0. The van der Waals surface area contributed by atoms with Crippen LogP contribution in [0.15, 0.2) is 0 Å². The van der Waals surface area contributed by atoms with Crippen LogP contribution in [0.2, 0.25) is 0 Å². The molecule has 1 N–H and O–H groups in total. The van der Waals surface area contributed by atoms with Crippen molar-refractivity contribution in [1.82, 2.24) is 10.2 Å². The van der Waals surface area contributed by atoms with Gasteiger partial charge < -0.3 is 15.0 Å². The molecule has 1 saturated heterocycles. The second-order valence-corrected chi connectivity index (χ2v) is 4.36. The number of methoxy groups -OCH3 is 1. The van der Waals surface area contributed by atoms with Gasteiger partial charge in [-0.05, 0) is 32.4 Å². The fraction of sp³-hybridized carbons (Fsp3) is 1.00. The number of nitrogens with zero attached hydrogens (tertiary/aromatic N) is 1. The second kappa shape index (κ2) is 6.38. The standard InChI is InChI=1S/C11H24N2O/c1-10-5-6-12-9-11(10)13(2)7-4-8-14-3/h10-12H,4-9H2,1-3H3. The average molecular weight is 200 g/mol. The predicted octanol–water partition coefficient (Wildman–Crippen LogP) is 0.953. The van der Waals surface area contributed by atoms with Gasteiger partial charge in [-0.15, -0.1) is 0 Å². The molecule has 1 aliphatic rings. The zero-order chi connectivity index (χ0) is 10.4. The first-order valence-corrected chi connectivity index (χ1v) is 5.65. The van der Waals surface area contributed by atoms with Crippen molar-refractivity contribution in [1.29, 1.82) is 0 Å². The Bertz CT molecular complexity index is 152. The summed E-state index contributed by atoms with van der Waals surface area (Å²) in [5.74, 6) is 0.823. The van der Waals surface area contributed by atoms with E-state index in [2.05, 4.69) is 24.2 Å². The van der Waals surface area contributed by atoms with Crippen LogP contribution in [0.25, 0.3) is 0 Å². The zero-order valence-electron chi connectivity index (χ0n) is 9.75. The summed E-state index contributed by atoms with van der Waals surface area (Å²) in [5.41, 5.74) is 0. The van der Waals surface area contributed by atoms with E-state index in [1.807, 2.05) is 0 Å². The van der Waals surface area contributed by atoms with Gasteiger partial charge in [-0.1, -0.05) is 6.92 Å². The summed E-state index contributed by atoms with van der Waals surface area (Å²) in [6.45, 7) is 6.70.